The zero-order valence-electron chi connectivity index (χ0n) is 14.5. The number of thioether (sulfide) groups is 1. The van der Waals surface area contributed by atoms with Crippen LogP contribution < -0.4 is 5.63 Å². The largest absolute Gasteiger partial charge is 0.423 e. The Balaban J connectivity index is 1.44. The molecule has 0 aliphatic heterocycles. The van der Waals surface area contributed by atoms with Gasteiger partial charge in [0.2, 0.25) is 5.89 Å². The molecule has 0 atom stereocenters. The van der Waals surface area contributed by atoms with E-state index in [1.54, 1.807) is 6.07 Å². The molecular weight excluding hydrogens is 360 g/mol. The normalized spacial score (nSPS) is 13.2. The van der Waals surface area contributed by atoms with E-state index in [1.165, 1.54) is 22.9 Å². The van der Waals surface area contributed by atoms with Gasteiger partial charge in [-0.1, -0.05) is 30.0 Å². The number of hydrogen-bond acceptors (Lipinski definition) is 6. The Kier molecular flexibility index (Phi) is 4.05. The highest BCUT2D eigenvalue weighted by molar-refractivity contribution is 7.98. The van der Waals surface area contributed by atoms with E-state index in [-0.39, 0.29) is 5.63 Å². The Morgan fingerprint density at radius 1 is 0.963 bits per heavy atom. The zero-order valence-corrected chi connectivity index (χ0v) is 15.3. The number of fused-ring (bicyclic) bond motifs is 2. The average Bonchev–Trinajstić information content (AvgIpc) is 3.34. The molecule has 134 valence electrons. The number of aryl methyl sites for hydroxylation is 2. The van der Waals surface area contributed by atoms with Gasteiger partial charge in [-0.3, -0.25) is 0 Å². The van der Waals surface area contributed by atoms with Crippen molar-refractivity contribution in [3.8, 4) is 11.5 Å². The summed E-state index contributed by atoms with van der Waals surface area (Å²) in [6.07, 6.45) is 3.30. The fourth-order valence-electron chi connectivity index (χ4n) is 3.52. The van der Waals surface area contributed by atoms with Crippen molar-refractivity contribution >= 4 is 22.7 Å². The highest BCUT2D eigenvalue weighted by Gasteiger charge is 2.16. The maximum Gasteiger partial charge on any atom is 0.336 e. The minimum absolute atomic E-state index is 0.327. The van der Waals surface area contributed by atoms with Crippen molar-refractivity contribution in [2.24, 2.45) is 0 Å². The van der Waals surface area contributed by atoms with E-state index < -0.39 is 0 Å². The smallest absolute Gasteiger partial charge is 0.336 e. The molecule has 0 fully saturated rings. The molecule has 0 saturated heterocycles. The van der Waals surface area contributed by atoms with E-state index in [4.69, 9.17) is 8.83 Å². The molecule has 2 aromatic heterocycles. The van der Waals surface area contributed by atoms with Gasteiger partial charge in [0.05, 0.1) is 0 Å². The number of rotatable bonds is 4. The summed E-state index contributed by atoms with van der Waals surface area (Å²) in [6, 6.07) is 15.4. The molecule has 0 spiro atoms. The standard InChI is InChI=1S/C21H16N2O3S/c24-19-11-16(17-9-14-7-4-8-15(14)10-18(17)25-19)12-27-21-23-22-20(26-21)13-5-2-1-3-6-13/h1-3,5-6,9-11H,4,7-8,12H2. The third kappa shape index (κ3) is 3.17. The van der Waals surface area contributed by atoms with Gasteiger partial charge in [0.1, 0.15) is 5.58 Å². The first-order valence-corrected chi connectivity index (χ1v) is 9.85. The molecule has 4 aromatic rings. The second-order valence-electron chi connectivity index (χ2n) is 6.59. The van der Waals surface area contributed by atoms with Gasteiger partial charge in [0, 0.05) is 22.8 Å². The quantitative estimate of drug-likeness (QED) is 0.382. The molecule has 0 saturated carbocycles. The summed E-state index contributed by atoms with van der Waals surface area (Å²) in [5.74, 6) is 1.06. The number of nitrogens with zero attached hydrogens (tertiary/aromatic N) is 2. The van der Waals surface area contributed by atoms with Crippen molar-refractivity contribution in [3.05, 3.63) is 75.6 Å². The van der Waals surface area contributed by atoms with Crippen LogP contribution in [-0.2, 0) is 18.6 Å². The van der Waals surface area contributed by atoms with Crippen LogP contribution in [0, 0.1) is 0 Å². The summed E-state index contributed by atoms with van der Waals surface area (Å²) in [6.45, 7) is 0. The second-order valence-corrected chi connectivity index (χ2v) is 7.52. The summed E-state index contributed by atoms with van der Waals surface area (Å²) < 4.78 is 11.2. The fourth-order valence-corrected chi connectivity index (χ4v) is 4.27. The Bertz CT molecular complexity index is 1180. The lowest BCUT2D eigenvalue weighted by Gasteiger charge is -2.07. The Hall–Kier alpha value is -2.86. The topological polar surface area (TPSA) is 69.1 Å². The second kappa shape index (κ2) is 6.70. The number of aromatic nitrogens is 2. The molecule has 1 aliphatic carbocycles. The molecule has 5 nitrogen and oxygen atoms in total. The molecule has 27 heavy (non-hydrogen) atoms. The van der Waals surface area contributed by atoms with Crippen LogP contribution in [-0.4, -0.2) is 10.2 Å². The maximum atomic E-state index is 12.0. The molecule has 2 aromatic carbocycles. The van der Waals surface area contributed by atoms with E-state index in [0.717, 1.165) is 35.8 Å². The maximum absolute atomic E-state index is 12.0. The summed E-state index contributed by atoms with van der Waals surface area (Å²) >= 11 is 1.43. The summed E-state index contributed by atoms with van der Waals surface area (Å²) in [5.41, 5.74) is 4.80. The SMILES string of the molecule is O=c1cc(CSc2nnc(-c3ccccc3)o2)c2cc3c(cc2o1)CCC3. The Morgan fingerprint density at radius 2 is 1.78 bits per heavy atom. The van der Waals surface area contributed by atoms with Crippen LogP contribution in [0.3, 0.4) is 0 Å². The molecule has 6 heteroatoms. The molecule has 0 amide bonds. The van der Waals surface area contributed by atoms with Crippen LogP contribution in [0.1, 0.15) is 23.1 Å². The highest BCUT2D eigenvalue weighted by atomic mass is 32.2. The first-order valence-electron chi connectivity index (χ1n) is 8.86. The first kappa shape index (κ1) is 16.3. The van der Waals surface area contributed by atoms with Gasteiger partial charge in [-0.25, -0.2) is 4.79 Å². The highest BCUT2D eigenvalue weighted by Crippen LogP contribution is 2.31. The van der Waals surface area contributed by atoms with E-state index >= 15 is 0 Å². The summed E-state index contributed by atoms with van der Waals surface area (Å²) in [5, 5.41) is 9.69. The lowest BCUT2D eigenvalue weighted by atomic mass is 10.0. The molecule has 1 aliphatic rings. The lowest BCUT2D eigenvalue weighted by Crippen LogP contribution is -2.01. The minimum Gasteiger partial charge on any atom is -0.423 e. The van der Waals surface area contributed by atoms with Crippen LogP contribution in [0.15, 0.2) is 67.4 Å². The molecule has 5 rings (SSSR count). The summed E-state index contributed by atoms with van der Waals surface area (Å²) in [7, 11) is 0. The van der Waals surface area contributed by atoms with Crippen molar-refractivity contribution in [1.29, 1.82) is 0 Å². The first-order chi connectivity index (χ1) is 13.3. The predicted molar refractivity (Wildman–Crippen MR) is 104 cm³/mol. The number of benzene rings is 2. The number of hydrogen-bond donors (Lipinski definition) is 0. The molecule has 0 N–H and O–H groups in total. The van der Waals surface area contributed by atoms with Crippen LogP contribution in [0.5, 0.6) is 0 Å². The van der Waals surface area contributed by atoms with Gasteiger partial charge in [-0.2, -0.15) is 0 Å². The van der Waals surface area contributed by atoms with Crippen molar-refractivity contribution in [2.75, 3.05) is 0 Å². The molecule has 0 bridgehead atoms. The fraction of sp³-hybridized carbons (Fsp3) is 0.190. The lowest BCUT2D eigenvalue weighted by molar-refractivity contribution is 0.466. The van der Waals surface area contributed by atoms with Gasteiger partial charge in [-0.05, 0) is 60.2 Å². The van der Waals surface area contributed by atoms with Crippen molar-refractivity contribution in [2.45, 2.75) is 30.2 Å². The van der Waals surface area contributed by atoms with Gasteiger partial charge in [0.15, 0.2) is 0 Å². The van der Waals surface area contributed by atoms with E-state index in [2.05, 4.69) is 16.3 Å². The van der Waals surface area contributed by atoms with Crippen LogP contribution in [0.4, 0.5) is 0 Å². The third-order valence-electron chi connectivity index (χ3n) is 4.82. The Morgan fingerprint density at radius 3 is 2.63 bits per heavy atom. The molecule has 2 heterocycles. The zero-order chi connectivity index (χ0) is 18.2. The molecule has 0 radical (unpaired) electrons. The monoisotopic (exact) mass is 376 g/mol. The van der Waals surface area contributed by atoms with Gasteiger partial charge in [0.25, 0.3) is 5.22 Å². The minimum atomic E-state index is -0.327. The van der Waals surface area contributed by atoms with Gasteiger partial charge in [-0.15, -0.1) is 10.2 Å². The van der Waals surface area contributed by atoms with E-state index in [0.29, 0.717) is 22.4 Å². The van der Waals surface area contributed by atoms with Crippen molar-refractivity contribution in [1.82, 2.24) is 10.2 Å². The van der Waals surface area contributed by atoms with Crippen molar-refractivity contribution in [3.63, 3.8) is 0 Å². The van der Waals surface area contributed by atoms with Crippen LogP contribution in [0.25, 0.3) is 22.4 Å². The predicted octanol–water partition coefficient (Wildman–Crippen LogP) is 4.62. The van der Waals surface area contributed by atoms with E-state index in [1.807, 2.05) is 36.4 Å². The van der Waals surface area contributed by atoms with Crippen LogP contribution >= 0.6 is 11.8 Å². The Labute approximate surface area is 159 Å². The van der Waals surface area contributed by atoms with Crippen LogP contribution in [0.2, 0.25) is 0 Å². The van der Waals surface area contributed by atoms with Crippen molar-refractivity contribution < 1.29 is 8.83 Å². The molecular formula is C21H16N2O3S. The average molecular weight is 376 g/mol. The summed E-state index contributed by atoms with van der Waals surface area (Å²) in [4.78, 5) is 12.0. The van der Waals surface area contributed by atoms with E-state index in [9.17, 15) is 4.79 Å². The third-order valence-corrected chi connectivity index (χ3v) is 5.69. The molecule has 0 unspecified atom stereocenters. The van der Waals surface area contributed by atoms with Gasteiger partial charge < -0.3 is 8.83 Å². The van der Waals surface area contributed by atoms with Gasteiger partial charge >= 0.3 is 5.63 Å².